The molecule has 80 valence electrons. The van der Waals surface area contributed by atoms with Crippen LogP contribution in [0, 0.1) is 5.92 Å². The van der Waals surface area contributed by atoms with Crippen LogP contribution in [0.15, 0.2) is 6.20 Å². The maximum Gasteiger partial charge on any atom is 0.156 e. The van der Waals surface area contributed by atoms with Crippen molar-refractivity contribution in [1.82, 2.24) is 9.78 Å². The average Bonchev–Trinajstić information content (AvgIpc) is 2.43. The lowest BCUT2D eigenvalue weighted by Gasteiger charge is -2.01. The van der Waals surface area contributed by atoms with Gasteiger partial charge in [0.25, 0.3) is 0 Å². The van der Waals surface area contributed by atoms with Crippen molar-refractivity contribution in [1.29, 1.82) is 0 Å². The van der Waals surface area contributed by atoms with Gasteiger partial charge in [-0.3, -0.25) is 4.68 Å². The fraction of sp³-hybridized carbons (Fsp3) is 0.727. The summed E-state index contributed by atoms with van der Waals surface area (Å²) in [5, 5.41) is 14.0. The summed E-state index contributed by atoms with van der Waals surface area (Å²) < 4.78 is 1.84. The molecule has 0 bridgehead atoms. The van der Waals surface area contributed by atoms with Crippen LogP contribution in [0.25, 0.3) is 0 Å². The summed E-state index contributed by atoms with van der Waals surface area (Å²) in [7, 11) is 0. The van der Waals surface area contributed by atoms with E-state index in [0.29, 0.717) is 11.7 Å². The van der Waals surface area contributed by atoms with E-state index in [1.54, 1.807) is 6.20 Å². The van der Waals surface area contributed by atoms with Gasteiger partial charge in [0, 0.05) is 6.54 Å². The van der Waals surface area contributed by atoms with Gasteiger partial charge in [0.1, 0.15) is 5.69 Å². The van der Waals surface area contributed by atoms with Gasteiger partial charge in [-0.15, -0.1) is 0 Å². The highest BCUT2D eigenvalue weighted by molar-refractivity contribution is 5.22. The number of unbranched alkanes of at least 4 members (excludes halogenated alkanes) is 1. The molecule has 14 heavy (non-hydrogen) atoms. The van der Waals surface area contributed by atoms with Crippen LogP contribution in [0.4, 0.5) is 0 Å². The summed E-state index contributed by atoms with van der Waals surface area (Å²) in [5.74, 6) is 0.880. The topological polar surface area (TPSA) is 38.0 Å². The fourth-order valence-electron chi connectivity index (χ4n) is 1.42. The first-order valence-electron chi connectivity index (χ1n) is 5.38. The molecule has 0 saturated heterocycles. The van der Waals surface area contributed by atoms with Crippen LogP contribution in [0.2, 0.25) is 0 Å². The summed E-state index contributed by atoms with van der Waals surface area (Å²) in [6.07, 6.45) is 4.85. The summed E-state index contributed by atoms with van der Waals surface area (Å²) in [6.45, 7) is 7.32. The minimum atomic E-state index is 0.342. The molecular weight excluding hydrogens is 176 g/mol. The predicted molar refractivity (Wildman–Crippen MR) is 57.3 cm³/mol. The highest BCUT2D eigenvalue weighted by atomic mass is 16.3. The molecule has 0 atom stereocenters. The van der Waals surface area contributed by atoms with E-state index >= 15 is 0 Å². The molecule has 1 rings (SSSR count). The van der Waals surface area contributed by atoms with Gasteiger partial charge >= 0.3 is 0 Å². The molecule has 0 aromatic carbocycles. The van der Waals surface area contributed by atoms with E-state index in [2.05, 4.69) is 25.9 Å². The Morgan fingerprint density at radius 3 is 2.79 bits per heavy atom. The van der Waals surface area contributed by atoms with Crippen molar-refractivity contribution in [3.8, 4) is 5.75 Å². The molecule has 0 fully saturated rings. The van der Waals surface area contributed by atoms with Crippen LogP contribution in [0.5, 0.6) is 5.75 Å². The molecule has 1 aromatic heterocycles. The van der Waals surface area contributed by atoms with E-state index in [4.69, 9.17) is 0 Å². The van der Waals surface area contributed by atoms with Gasteiger partial charge in [-0.25, -0.2) is 0 Å². The third-order valence-electron chi connectivity index (χ3n) is 2.16. The van der Waals surface area contributed by atoms with Crippen LogP contribution in [0.3, 0.4) is 0 Å². The first-order valence-corrected chi connectivity index (χ1v) is 5.38. The lowest BCUT2D eigenvalue weighted by Crippen LogP contribution is -2.01. The normalized spacial score (nSPS) is 11.1. The highest BCUT2D eigenvalue weighted by Crippen LogP contribution is 2.18. The highest BCUT2D eigenvalue weighted by Gasteiger charge is 2.08. The lowest BCUT2D eigenvalue weighted by molar-refractivity contribution is 0.461. The Labute approximate surface area is 85.8 Å². The second-order valence-corrected chi connectivity index (χ2v) is 4.18. The van der Waals surface area contributed by atoms with Gasteiger partial charge in [0.2, 0.25) is 0 Å². The van der Waals surface area contributed by atoms with E-state index in [1.807, 2.05) is 4.68 Å². The zero-order valence-electron chi connectivity index (χ0n) is 9.32. The molecule has 0 amide bonds. The smallest absolute Gasteiger partial charge is 0.156 e. The zero-order valence-corrected chi connectivity index (χ0v) is 9.32. The van der Waals surface area contributed by atoms with E-state index in [9.17, 15) is 5.11 Å². The van der Waals surface area contributed by atoms with Gasteiger partial charge in [-0.1, -0.05) is 27.2 Å². The van der Waals surface area contributed by atoms with Crippen molar-refractivity contribution in [3.63, 3.8) is 0 Å². The Hall–Kier alpha value is -0.990. The Kier molecular flexibility index (Phi) is 3.98. The second-order valence-electron chi connectivity index (χ2n) is 4.18. The van der Waals surface area contributed by atoms with Gasteiger partial charge in [0.15, 0.2) is 5.75 Å². The molecule has 0 spiro atoms. The van der Waals surface area contributed by atoms with E-state index in [-0.39, 0.29) is 0 Å². The molecule has 0 aliphatic heterocycles. The molecule has 1 N–H and O–H groups in total. The van der Waals surface area contributed by atoms with Crippen LogP contribution < -0.4 is 0 Å². The molecular formula is C11H20N2O. The van der Waals surface area contributed by atoms with Crippen LogP contribution in [-0.2, 0) is 13.0 Å². The first kappa shape index (κ1) is 11.1. The second kappa shape index (κ2) is 5.03. The van der Waals surface area contributed by atoms with Crippen LogP contribution in [0.1, 0.15) is 39.3 Å². The molecule has 3 nitrogen and oxygen atoms in total. The maximum absolute atomic E-state index is 9.60. The monoisotopic (exact) mass is 196 g/mol. The van der Waals surface area contributed by atoms with Crippen molar-refractivity contribution in [3.05, 3.63) is 11.9 Å². The number of hydrogen-bond acceptors (Lipinski definition) is 2. The Morgan fingerprint density at radius 1 is 1.50 bits per heavy atom. The number of hydrogen-bond donors (Lipinski definition) is 1. The van der Waals surface area contributed by atoms with Crippen molar-refractivity contribution in [2.75, 3.05) is 0 Å². The van der Waals surface area contributed by atoms with E-state index in [0.717, 1.165) is 31.5 Å². The molecule has 0 unspecified atom stereocenters. The third kappa shape index (κ3) is 3.05. The van der Waals surface area contributed by atoms with Gasteiger partial charge in [-0.2, -0.15) is 5.10 Å². The Morgan fingerprint density at radius 2 is 2.21 bits per heavy atom. The quantitative estimate of drug-likeness (QED) is 0.786. The Balaban J connectivity index is 2.62. The van der Waals surface area contributed by atoms with E-state index in [1.165, 1.54) is 0 Å². The van der Waals surface area contributed by atoms with Crippen molar-refractivity contribution < 1.29 is 5.11 Å². The van der Waals surface area contributed by atoms with Crippen LogP contribution >= 0.6 is 0 Å². The van der Waals surface area contributed by atoms with Gasteiger partial charge in [0.05, 0.1) is 6.20 Å². The van der Waals surface area contributed by atoms with Crippen molar-refractivity contribution in [2.45, 2.75) is 46.6 Å². The van der Waals surface area contributed by atoms with Gasteiger partial charge < -0.3 is 5.11 Å². The first-order chi connectivity index (χ1) is 6.63. The number of nitrogens with zero attached hydrogens (tertiary/aromatic N) is 2. The number of aromatic hydroxyl groups is 1. The van der Waals surface area contributed by atoms with Gasteiger partial charge in [-0.05, 0) is 18.8 Å². The Bertz CT molecular complexity index is 279. The predicted octanol–water partition coefficient (Wildman–Crippen LogP) is 2.59. The molecule has 0 radical (unpaired) electrons. The standard InChI is InChI=1S/C11H20N2O/c1-4-5-6-13-8-11(14)10(12-13)7-9(2)3/h8-9,14H,4-7H2,1-3H3. The molecule has 1 heterocycles. The summed E-state index contributed by atoms with van der Waals surface area (Å²) in [4.78, 5) is 0. The molecule has 1 aromatic rings. The largest absolute Gasteiger partial charge is 0.504 e. The van der Waals surface area contributed by atoms with Crippen LogP contribution in [-0.4, -0.2) is 14.9 Å². The van der Waals surface area contributed by atoms with Crippen molar-refractivity contribution >= 4 is 0 Å². The molecule has 0 saturated carbocycles. The zero-order chi connectivity index (χ0) is 10.6. The number of aromatic nitrogens is 2. The average molecular weight is 196 g/mol. The van der Waals surface area contributed by atoms with E-state index < -0.39 is 0 Å². The number of rotatable bonds is 5. The summed E-state index contributed by atoms with van der Waals surface area (Å²) in [5.41, 5.74) is 0.830. The summed E-state index contributed by atoms with van der Waals surface area (Å²) >= 11 is 0. The molecule has 0 aliphatic rings. The third-order valence-corrected chi connectivity index (χ3v) is 2.16. The number of aryl methyl sites for hydroxylation is 1. The minimum Gasteiger partial charge on any atom is -0.504 e. The maximum atomic E-state index is 9.60. The SMILES string of the molecule is CCCCn1cc(O)c(CC(C)C)n1. The lowest BCUT2D eigenvalue weighted by atomic mass is 10.1. The summed E-state index contributed by atoms with van der Waals surface area (Å²) in [6, 6.07) is 0. The molecule has 3 heteroatoms. The minimum absolute atomic E-state index is 0.342. The van der Waals surface area contributed by atoms with Crippen molar-refractivity contribution in [2.24, 2.45) is 5.92 Å². The fourth-order valence-corrected chi connectivity index (χ4v) is 1.42. The molecule has 0 aliphatic carbocycles.